The Morgan fingerprint density at radius 2 is 1.49 bits per heavy atom. The standard InChI is InChI=1S/C28H24ClN3O7S2/c29-25-15-14-21(28(34)39-19-27(33)31-22-10-7-13-24(17-22)40(30,35)36)16-26(25)41(37,38)32(23-11-5-2-6-12-23)18-20-8-3-1-4-9-20/h1-17H,18-19H2,(H,31,33)(H2,30,35,36). The SMILES string of the molecule is NS(=O)(=O)c1cccc(NC(=O)COC(=O)c2ccc(Cl)c(S(=O)(=O)N(Cc3ccccc3)c3ccccc3)c2)c1. The highest BCUT2D eigenvalue weighted by Gasteiger charge is 2.29. The Hall–Kier alpha value is -4.23. The van der Waals surface area contributed by atoms with Crippen LogP contribution >= 0.6 is 11.6 Å². The van der Waals surface area contributed by atoms with E-state index in [4.69, 9.17) is 21.5 Å². The van der Waals surface area contributed by atoms with E-state index in [0.29, 0.717) is 5.69 Å². The molecule has 10 nitrogen and oxygen atoms in total. The summed E-state index contributed by atoms with van der Waals surface area (Å²) in [6.07, 6.45) is 0. The molecule has 0 heterocycles. The van der Waals surface area contributed by atoms with E-state index in [-0.39, 0.29) is 32.6 Å². The minimum atomic E-state index is -4.27. The van der Waals surface area contributed by atoms with E-state index in [2.05, 4.69) is 5.32 Å². The van der Waals surface area contributed by atoms with Gasteiger partial charge in [-0.2, -0.15) is 0 Å². The van der Waals surface area contributed by atoms with Crippen LogP contribution in [0.1, 0.15) is 15.9 Å². The van der Waals surface area contributed by atoms with Crippen LogP contribution in [0.5, 0.6) is 0 Å². The number of hydrogen-bond acceptors (Lipinski definition) is 7. The second kappa shape index (κ2) is 12.5. The van der Waals surface area contributed by atoms with Crippen LogP contribution in [-0.4, -0.2) is 35.3 Å². The number of carbonyl (C=O) groups is 2. The Balaban J connectivity index is 1.53. The molecule has 0 fully saturated rings. The smallest absolute Gasteiger partial charge is 0.338 e. The third-order valence-corrected chi connectivity index (χ3v) is 8.90. The minimum Gasteiger partial charge on any atom is -0.452 e. The summed E-state index contributed by atoms with van der Waals surface area (Å²) >= 11 is 6.31. The van der Waals surface area contributed by atoms with E-state index in [1.54, 1.807) is 54.6 Å². The number of carbonyl (C=O) groups excluding carboxylic acids is 2. The lowest BCUT2D eigenvalue weighted by Gasteiger charge is -2.25. The number of benzene rings is 4. The fraction of sp³-hybridized carbons (Fsp3) is 0.0714. The third kappa shape index (κ3) is 7.50. The van der Waals surface area contributed by atoms with Gasteiger partial charge in [0, 0.05) is 5.69 Å². The van der Waals surface area contributed by atoms with Gasteiger partial charge in [0.05, 0.1) is 27.7 Å². The van der Waals surface area contributed by atoms with Gasteiger partial charge in [-0.25, -0.2) is 26.8 Å². The number of halogens is 1. The number of esters is 1. The predicted molar refractivity (Wildman–Crippen MR) is 154 cm³/mol. The van der Waals surface area contributed by atoms with Crippen molar-refractivity contribution in [1.82, 2.24) is 0 Å². The summed E-state index contributed by atoms with van der Waals surface area (Å²) in [5.74, 6) is -1.73. The molecule has 0 radical (unpaired) electrons. The Kier molecular flexibility index (Phi) is 9.08. The van der Waals surface area contributed by atoms with Crippen LogP contribution in [0.15, 0.2) is 113 Å². The molecular weight excluding hydrogens is 590 g/mol. The normalized spacial score (nSPS) is 11.5. The van der Waals surface area contributed by atoms with Gasteiger partial charge in [-0.3, -0.25) is 9.10 Å². The first-order valence-electron chi connectivity index (χ1n) is 12.0. The molecule has 0 unspecified atom stereocenters. The zero-order chi connectivity index (χ0) is 29.6. The maximum absolute atomic E-state index is 13.9. The molecule has 0 spiro atoms. The molecule has 0 saturated heterocycles. The van der Waals surface area contributed by atoms with E-state index in [1.807, 2.05) is 6.07 Å². The average molecular weight is 614 g/mol. The summed E-state index contributed by atoms with van der Waals surface area (Å²) in [5.41, 5.74) is 1.09. The molecule has 4 aromatic carbocycles. The highest BCUT2D eigenvalue weighted by molar-refractivity contribution is 7.93. The quantitative estimate of drug-likeness (QED) is 0.254. The summed E-state index contributed by atoms with van der Waals surface area (Å²) in [6.45, 7) is -0.724. The van der Waals surface area contributed by atoms with Crippen molar-refractivity contribution in [3.8, 4) is 0 Å². The zero-order valence-electron chi connectivity index (χ0n) is 21.3. The molecule has 13 heteroatoms. The largest absolute Gasteiger partial charge is 0.452 e. The molecule has 4 rings (SSSR count). The summed E-state index contributed by atoms with van der Waals surface area (Å²) in [4.78, 5) is 24.5. The molecule has 0 saturated carbocycles. The number of nitrogens with one attached hydrogen (secondary N) is 1. The van der Waals surface area contributed by atoms with Gasteiger partial charge in [-0.05, 0) is 54.1 Å². The molecular formula is C28H24ClN3O7S2. The maximum atomic E-state index is 13.9. The number of nitrogens with two attached hydrogens (primary N) is 1. The van der Waals surface area contributed by atoms with E-state index >= 15 is 0 Å². The van der Waals surface area contributed by atoms with Crippen LogP contribution in [-0.2, 0) is 36.1 Å². The highest BCUT2D eigenvalue weighted by Crippen LogP contribution is 2.31. The van der Waals surface area contributed by atoms with Gasteiger partial charge in [0.25, 0.3) is 15.9 Å². The summed E-state index contributed by atoms with van der Waals surface area (Å²) in [5, 5.41) is 7.39. The van der Waals surface area contributed by atoms with Crippen LogP contribution in [0.3, 0.4) is 0 Å². The minimum absolute atomic E-state index is 0.00498. The molecule has 0 aliphatic heterocycles. The molecule has 1 amide bonds. The van der Waals surface area contributed by atoms with Crippen molar-refractivity contribution in [2.45, 2.75) is 16.3 Å². The van der Waals surface area contributed by atoms with Crippen LogP contribution in [0, 0.1) is 0 Å². The van der Waals surface area contributed by atoms with Crippen LogP contribution < -0.4 is 14.8 Å². The van der Waals surface area contributed by atoms with Gasteiger partial charge < -0.3 is 10.1 Å². The number of hydrogen-bond donors (Lipinski definition) is 2. The van der Waals surface area contributed by atoms with Crippen LogP contribution in [0.4, 0.5) is 11.4 Å². The molecule has 212 valence electrons. The number of primary sulfonamides is 1. The molecule has 41 heavy (non-hydrogen) atoms. The summed E-state index contributed by atoms with van der Waals surface area (Å²) in [6, 6.07) is 26.3. The second-order valence-electron chi connectivity index (χ2n) is 8.68. The monoisotopic (exact) mass is 613 g/mol. The first kappa shape index (κ1) is 29.7. The van der Waals surface area contributed by atoms with Gasteiger partial charge >= 0.3 is 5.97 Å². The number of rotatable bonds is 10. The van der Waals surface area contributed by atoms with Crippen molar-refractivity contribution in [3.05, 3.63) is 119 Å². The average Bonchev–Trinajstić information content (AvgIpc) is 2.95. The Morgan fingerprint density at radius 1 is 0.829 bits per heavy atom. The van der Waals surface area contributed by atoms with Crippen molar-refractivity contribution < 1.29 is 31.2 Å². The highest BCUT2D eigenvalue weighted by atomic mass is 35.5. The topological polar surface area (TPSA) is 153 Å². The number of ether oxygens (including phenoxy) is 1. The van der Waals surface area contributed by atoms with Gasteiger partial charge in [0.2, 0.25) is 10.0 Å². The van der Waals surface area contributed by atoms with Crippen molar-refractivity contribution in [1.29, 1.82) is 0 Å². The van der Waals surface area contributed by atoms with E-state index < -0.39 is 38.5 Å². The molecule has 0 aliphatic rings. The molecule has 0 aromatic heterocycles. The molecule has 3 N–H and O–H groups in total. The fourth-order valence-corrected chi connectivity index (χ4v) is 6.28. The Bertz CT molecular complexity index is 1780. The van der Waals surface area contributed by atoms with Crippen molar-refractivity contribution in [2.75, 3.05) is 16.2 Å². The second-order valence-corrected chi connectivity index (χ2v) is 12.5. The number of sulfonamides is 2. The lowest BCUT2D eigenvalue weighted by Crippen LogP contribution is -2.31. The predicted octanol–water partition coefficient (Wildman–Crippen LogP) is 4.18. The van der Waals surface area contributed by atoms with Crippen LogP contribution in [0.25, 0.3) is 0 Å². The van der Waals surface area contributed by atoms with Crippen molar-refractivity contribution in [2.24, 2.45) is 5.14 Å². The van der Waals surface area contributed by atoms with Crippen molar-refractivity contribution >= 4 is 54.9 Å². The fourth-order valence-electron chi connectivity index (χ4n) is 3.77. The van der Waals surface area contributed by atoms with E-state index in [1.165, 1.54) is 34.6 Å². The van der Waals surface area contributed by atoms with Crippen molar-refractivity contribution in [3.63, 3.8) is 0 Å². The Labute approximate surface area is 242 Å². The lowest BCUT2D eigenvalue weighted by atomic mass is 10.2. The Morgan fingerprint density at radius 3 is 2.15 bits per heavy atom. The number of amides is 1. The zero-order valence-corrected chi connectivity index (χ0v) is 23.7. The van der Waals surface area contributed by atoms with Gasteiger partial charge in [0.1, 0.15) is 4.90 Å². The first-order valence-corrected chi connectivity index (χ1v) is 15.3. The maximum Gasteiger partial charge on any atom is 0.338 e. The van der Waals surface area contributed by atoms with Gasteiger partial charge in [-0.15, -0.1) is 0 Å². The lowest BCUT2D eigenvalue weighted by molar-refractivity contribution is -0.119. The van der Waals surface area contributed by atoms with E-state index in [9.17, 15) is 26.4 Å². The number of anilines is 2. The molecule has 0 atom stereocenters. The molecule has 0 bridgehead atoms. The molecule has 4 aromatic rings. The van der Waals surface area contributed by atoms with Gasteiger partial charge in [0.15, 0.2) is 6.61 Å². The third-order valence-electron chi connectivity index (χ3n) is 5.73. The first-order chi connectivity index (χ1) is 19.4. The number of nitrogens with zero attached hydrogens (tertiary/aromatic N) is 1. The summed E-state index contributed by atoms with van der Waals surface area (Å²) < 4.78 is 57.0. The van der Waals surface area contributed by atoms with Gasteiger partial charge in [-0.1, -0.05) is 66.2 Å². The van der Waals surface area contributed by atoms with Crippen LogP contribution in [0.2, 0.25) is 5.02 Å². The van der Waals surface area contributed by atoms with E-state index in [0.717, 1.165) is 17.7 Å². The molecule has 0 aliphatic carbocycles. The summed E-state index contributed by atoms with van der Waals surface area (Å²) in [7, 11) is -8.26. The number of para-hydroxylation sites is 1.